The summed E-state index contributed by atoms with van der Waals surface area (Å²) in [6.45, 7) is 3.26. The Bertz CT molecular complexity index is 432. The van der Waals surface area contributed by atoms with Gasteiger partial charge in [-0.3, -0.25) is 9.59 Å². The van der Waals surface area contributed by atoms with Gasteiger partial charge in [0.05, 0.1) is 5.69 Å². The maximum atomic E-state index is 11.8. The van der Waals surface area contributed by atoms with E-state index < -0.39 is 4.29 Å². The van der Waals surface area contributed by atoms with Crippen molar-refractivity contribution in [2.45, 2.75) is 18.1 Å². The predicted molar refractivity (Wildman–Crippen MR) is 68.4 cm³/mol. The Hall–Kier alpha value is -0.870. The van der Waals surface area contributed by atoms with Crippen molar-refractivity contribution in [1.29, 1.82) is 0 Å². The third-order valence-corrected chi connectivity index (χ3v) is 2.56. The number of hydrogen-bond acceptors (Lipinski definition) is 2. The lowest BCUT2D eigenvalue weighted by molar-refractivity contribution is -0.114. The van der Waals surface area contributed by atoms with E-state index in [2.05, 4.69) is 21.2 Å². The van der Waals surface area contributed by atoms with Gasteiger partial charge in [0.15, 0.2) is 10.1 Å². The van der Waals surface area contributed by atoms with Crippen LogP contribution in [0.15, 0.2) is 18.2 Å². The number of hydrogen-bond donors (Lipinski definition) is 1. The van der Waals surface area contributed by atoms with E-state index in [0.717, 1.165) is 5.56 Å². The van der Waals surface area contributed by atoms with E-state index in [1.54, 1.807) is 12.1 Å². The summed E-state index contributed by atoms with van der Waals surface area (Å²) < 4.78 is -0.790. The lowest BCUT2D eigenvalue weighted by atomic mass is 10.1. The molecule has 5 heteroatoms. The second-order valence-corrected chi connectivity index (χ2v) is 5.27. The minimum Gasteiger partial charge on any atom is -0.326 e. The first-order valence-corrected chi connectivity index (χ1v) is 5.97. The van der Waals surface area contributed by atoms with Gasteiger partial charge in [0.1, 0.15) is 0 Å². The summed E-state index contributed by atoms with van der Waals surface area (Å²) in [5.74, 6) is -0.493. The van der Waals surface area contributed by atoms with Crippen LogP contribution in [-0.4, -0.2) is 16.0 Å². The summed E-state index contributed by atoms with van der Waals surface area (Å²) in [6, 6.07) is 5.21. The second kappa shape index (κ2) is 5.46. The van der Waals surface area contributed by atoms with Gasteiger partial charge in [0.2, 0.25) is 5.91 Å². The fraction of sp³-hybridized carbons (Fsp3) is 0.273. The van der Waals surface area contributed by atoms with E-state index in [4.69, 9.17) is 11.6 Å². The monoisotopic (exact) mass is 303 g/mol. The van der Waals surface area contributed by atoms with E-state index in [-0.39, 0.29) is 11.7 Å². The van der Waals surface area contributed by atoms with Crippen molar-refractivity contribution in [2.24, 2.45) is 0 Å². The van der Waals surface area contributed by atoms with Gasteiger partial charge in [-0.05, 0) is 19.1 Å². The summed E-state index contributed by atoms with van der Waals surface area (Å²) in [5.41, 5.74) is 1.82. The van der Waals surface area contributed by atoms with Crippen LogP contribution in [0.25, 0.3) is 0 Å². The van der Waals surface area contributed by atoms with E-state index in [9.17, 15) is 9.59 Å². The number of rotatable bonds is 3. The average Bonchev–Trinajstić information content (AvgIpc) is 2.18. The van der Waals surface area contributed by atoms with E-state index in [1.165, 1.54) is 6.92 Å². The van der Waals surface area contributed by atoms with Gasteiger partial charge in [-0.15, -0.1) is 11.6 Å². The molecule has 1 N–H and O–H groups in total. The van der Waals surface area contributed by atoms with Crippen LogP contribution in [0.4, 0.5) is 5.69 Å². The molecule has 0 bridgehead atoms. The SMILES string of the molecule is CC(=O)Nc1ccc(C)cc1C(=O)C(Cl)Br. The first-order chi connectivity index (χ1) is 7.41. The molecule has 1 atom stereocenters. The Kier molecular flexibility index (Phi) is 4.50. The zero-order valence-corrected chi connectivity index (χ0v) is 11.2. The largest absolute Gasteiger partial charge is 0.326 e. The maximum Gasteiger partial charge on any atom is 0.221 e. The van der Waals surface area contributed by atoms with Crippen LogP contribution in [-0.2, 0) is 4.79 Å². The molecular formula is C11H11BrClNO2. The topological polar surface area (TPSA) is 46.2 Å². The number of alkyl halides is 2. The van der Waals surface area contributed by atoms with Gasteiger partial charge in [-0.25, -0.2) is 0 Å². The highest BCUT2D eigenvalue weighted by atomic mass is 79.9. The molecule has 0 fully saturated rings. The molecule has 0 aliphatic heterocycles. The zero-order chi connectivity index (χ0) is 12.3. The van der Waals surface area contributed by atoms with E-state index in [0.29, 0.717) is 11.3 Å². The van der Waals surface area contributed by atoms with E-state index >= 15 is 0 Å². The van der Waals surface area contributed by atoms with Gasteiger partial charge in [0, 0.05) is 12.5 Å². The lowest BCUT2D eigenvalue weighted by Crippen LogP contribution is -2.14. The summed E-state index contributed by atoms with van der Waals surface area (Å²) in [7, 11) is 0. The molecule has 86 valence electrons. The molecule has 0 saturated heterocycles. The molecule has 3 nitrogen and oxygen atoms in total. The minimum atomic E-state index is -0.790. The minimum absolute atomic E-state index is 0.224. The average molecular weight is 305 g/mol. The molecule has 0 saturated carbocycles. The quantitative estimate of drug-likeness (QED) is 0.689. The van der Waals surface area contributed by atoms with Gasteiger partial charge in [0.25, 0.3) is 0 Å². The molecule has 1 amide bonds. The lowest BCUT2D eigenvalue weighted by Gasteiger charge is -2.10. The number of halogens is 2. The highest BCUT2D eigenvalue weighted by molar-refractivity contribution is 9.10. The maximum absolute atomic E-state index is 11.8. The Labute approximate surface area is 107 Å². The van der Waals surface area contributed by atoms with Crippen molar-refractivity contribution in [3.8, 4) is 0 Å². The van der Waals surface area contributed by atoms with Crippen LogP contribution >= 0.6 is 27.5 Å². The number of benzene rings is 1. The second-order valence-electron chi connectivity index (χ2n) is 3.40. The van der Waals surface area contributed by atoms with Crippen molar-refractivity contribution in [2.75, 3.05) is 5.32 Å². The van der Waals surface area contributed by atoms with Crippen molar-refractivity contribution in [3.05, 3.63) is 29.3 Å². The molecule has 0 aromatic heterocycles. The van der Waals surface area contributed by atoms with Crippen LogP contribution in [0.1, 0.15) is 22.8 Å². The number of carbonyl (C=O) groups excluding carboxylic acids is 2. The van der Waals surface area contributed by atoms with E-state index in [1.807, 2.05) is 13.0 Å². The molecule has 1 unspecified atom stereocenters. The molecule has 1 rings (SSSR count). The van der Waals surface area contributed by atoms with Crippen molar-refractivity contribution in [1.82, 2.24) is 0 Å². The highest BCUT2D eigenvalue weighted by Gasteiger charge is 2.18. The van der Waals surface area contributed by atoms with Crippen molar-refractivity contribution >= 4 is 44.9 Å². The normalized spacial score (nSPS) is 12.0. The van der Waals surface area contributed by atoms with Gasteiger partial charge in [-0.2, -0.15) is 0 Å². The molecule has 0 aliphatic rings. The highest BCUT2D eigenvalue weighted by Crippen LogP contribution is 2.22. The van der Waals surface area contributed by atoms with Crippen LogP contribution in [0.2, 0.25) is 0 Å². The molecule has 0 radical (unpaired) electrons. The standard InChI is InChI=1S/C11H11BrClNO2/c1-6-3-4-9(14-7(2)15)8(5-6)10(16)11(12)13/h3-5,11H,1-2H3,(H,14,15). The third-order valence-electron chi connectivity index (χ3n) is 1.95. The third kappa shape index (κ3) is 3.32. The fourth-order valence-electron chi connectivity index (χ4n) is 1.28. The number of amides is 1. The summed E-state index contributed by atoms with van der Waals surface area (Å²) in [5, 5.41) is 2.60. The smallest absolute Gasteiger partial charge is 0.221 e. The first-order valence-electron chi connectivity index (χ1n) is 4.62. The first kappa shape index (κ1) is 13.2. The van der Waals surface area contributed by atoms with Gasteiger partial charge in [-0.1, -0.05) is 27.6 Å². The number of aryl methyl sites for hydroxylation is 1. The number of nitrogens with one attached hydrogen (secondary N) is 1. The number of carbonyl (C=O) groups is 2. The molecule has 0 aliphatic carbocycles. The van der Waals surface area contributed by atoms with Gasteiger partial charge >= 0.3 is 0 Å². The molecule has 1 aromatic rings. The van der Waals surface area contributed by atoms with Gasteiger partial charge < -0.3 is 5.32 Å². The Morgan fingerprint density at radius 3 is 2.56 bits per heavy atom. The van der Waals surface area contributed by atoms with Crippen molar-refractivity contribution < 1.29 is 9.59 Å². The number of anilines is 1. The van der Waals surface area contributed by atoms with Crippen LogP contribution in [0.3, 0.4) is 0 Å². The fourth-order valence-corrected chi connectivity index (χ4v) is 1.64. The summed E-state index contributed by atoms with van der Waals surface area (Å²) in [4.78, 5) is 22.7. The molecular weight excluding hydrogens is 293 g/mol. The van der Waals surface area contributed by atoms with Crippen LogP contribution in [0, 0.1) is 6.92 Å². The Morgan fingerprint density at radius 1 is 1.44 bits per heavy atom. The number of Topliss-reactive ketones (excluding diaryl/α,β-unsaturated/α-hetero) is 1. The molecule has 0 heterocycles. The predicted octanol–water partition coefficient (Wildman–Crippen LogP) is 3.10. The molecule has 1 aromatic carbocycles. The molecule has 0 spiro atoms. The Balaban J connectivity index is 3.17. The summed E-state index contributed by atoms with van der Waals surface area (Å²) >= 11 is 8.68. The summed E-state index contributed by atoms with van der Waals surface area (Å²) in [6.07, 6.45) is 0. The van der Waals surface area contributed by atoms with Crippen LogP contribution in [0.5, 0.6) is 0 Å². The molecule has 16 heavy (non-hydrogen) atoms. The Morgan fingerprint density at radius 2 is 2.06 bits per heavy atom. The zero-order valence-electron chi connectivity index (χ0n) is 8.88. The number of ketones is 1. The van der Waals surface area contributed by atoms with Crippen molar-refractivity contribution in [3.63, 3.8) is 0 Å². The van der Waals surface area contributed by atoms with Crippen LogP contribution < -0.4 is 5.32 Å².